The Morgan fingerprint density at radius 3 is 2.29 bits per heavy atom. The third kappa shape index (κ3) is 7.19. The van der Waals surface area contributed by atoms with E-state index in [9.17, 15) is 9.59 Å². The summed E-state index contributed by atoms with van der Waals surface area (Å²) < 4.78 is 17.5. The number of carbonyl (C=O) groups excluding carboxylic acids is 2. The number of aryl methyl sites for hydroxylation is 1. The van der Waals surface area contributed by atoms with Crippen LogP contribution in [0.25, 0.3) is 10.9 Å². The number of pyridine rings is 1. The Morgan fingerprint density at radius 1 is 1.05 bits per heavy atom. The molecule has 3 heterocycles. The third-order valence-corrected chi connectivity index (χ3v) is 7.88. The lowest BCUT2D eigenvalue weighted by atomic mass is 9.93. The molecule has 0 atom stereocenters. The molecule has 2 aliphatic rings. The van der Waals surface area contributed by atoms with Crippen LogP contribution in [0, 0.1) is 12.3 Å². The summed E-state index contributed by atoms with van der Waals surface area (Å²) in [6, 6.07) is 9.29. The van der Waals surface area contributed by atoms with Gasteiger partial charge in [0.1, 0.15) is 17.2 Å². The number of nitrogens with zero attached hydrogens (tertiary/aromatic N) is 4. The fourth-order valence-electron chi connectivity index (χ4n) is 5.35. The van der Waals surface area contributed by atoms with Crippen LogP contribution in [0.5, 0.6) is 5.75 Å². The van der Waals surface area contributed by atoms with E-state index in [1.54, 1.807) is 23.8 Å². The molecule has 2 fully saturated rings. The van der Waals surface area contributed by atoms with Gasteiger partial charge in [-0.25, -0.2) is 14.6 Å². The Labute approximate surface area is 243 Å². The summed E-state index contributed by atoms with van der Waals surface area (Å²) >= 11 is 0. The van der Waals surface area contributed by atoms with Crippen molar-refractivity contribution in [3.05, 3.63) is 53.3 Å². The van der Waals surface area contributed by atoms with Gasteiger partial charge in [0, 0.05) is 37.8 Å². The first-order valence-electron chi connectivity index (χ1n) is 14.2. The summed E-state index contributed by atoms with van der Waals surface area (Å²) in [5.74, 6) is 1.23. The van der Waals surface area contributed by atoms with Crippen molar-refractivity contribution in [2.45, 2.75) is 65.5 Å². The fourth-order valence-corrected chi connectivity index (χ4v) is 5.35. The second-order valence-corrected chi connectivity index (χ2v) is 12.3. The topological polar surface area (TPSA) is 86.1 Å². The molecule has 0 unspecified atom stereocenters. The molecule has 0 bridgehead atoms. The van der Waals surface area contributed by atoms with Crippen molar-refractivity contribution in [1.29, 1.82) is 0 Å². The van der Waals surface area contributed by atoms with Gasteiger partial charge in [-0.2, -0.15) is 0 Å². The maximum Gasteiger partial charge on any atom is 0.419 e. The van der Waals surface area contributed by atoms with E-state index in [2.05, 4.69) is 14.6 Å². The van der Waals surface area contributed by atoms with E-state index in [0.717, 1.165) is 53.2 Å². The second kappa shape index (κ2) is 12.1. The van der Waals surface area contributed by atoms with Gasteiger partial charge in [-0.1, -0.05) is 6.07 Å². The molecule has 9 heteroatoms. The van der Waals surface area contributed by atoms with Crippen molar-refractivity contribution >= 4 is 28.8 Å². The summed E-state index contributed by atoms with van der Waals surface area (Å²) in [5.41, 5.74) is 3.57. The Kier molecular flexibility index (Phi) is 8.97. The smallest absolute Gasteiger partial charge is 0.419 e. The number of fused-ring (bicyclic) bond motifs is 1. The average Bonchev–Trinajstić information content (AvgIpc) is 3.53. The van der Waals surface area contributed by atoms with E-state index in [1.807, 2.05) is 71.1 Å². The lowest BCUT2D eigenvalue weighted by Gasteiger charge is -2.32. The first kappa shape index (κ1) is 30.4. The molecule has 41 heavy (non-hydrogen) atoms. The lowest BCUT2D eigenvalue weighted by molar-refractivity contribution is 0.0542. The number of hydrogen-bond acceptors (Lipinski definition) is 8. The summed E-state index contributed by atoms with van der Waals surface area (Å²) in [6.45, 7) is 10.8. The van der Waals surface area contributed by atoms with E-state index >= 15 is 0 Å². The van der Waals surface area contributed by atoms with Gasteiger partial charge in [-0.15, -0.1) is 0 Å². The largest absolute Gasteiger partial charge is 0.496 e. The number of rotatable bonds is 5. The third-order valence-electron chi connectivity index (χ3n) is 7.88. The van der Waals surface area contributed by atoms with Crippen molar-refractivity contribution in [2.24, 2.45) is 5.41 Å². The normalized spacial score (nSPS) is 16.1. The molecule has 1 aliphatic heterocycles. The van der Waals surface area contributed by atoms with Crippen molar-refractivity contribution in [1.82, 2.24) is 14.5 Å². The molecular weight excluding hydrogens is 520 g/mol. The zero-order valence-corrected chi connectivity index (χ0v) is 25.7. The zero-order valence-electron chi connectivity index (χ0n) is 25.7. The number of aromatic nitrogens is 2. The molecule has 1 spiro atoms. The number of piperidine rings is 1. The predicted octanol–water partition coefficient (Wildman–Crippen LogP) is 6.05. The molecule has 0 amide bonds. The molecule has 0 radical (unpaired) electrons. The molecule has 2 aromatic heterocycles. The highest BCUT2D eigenvalue weighted by Crippen LogP contribution is 2.53. The minimum absolute atomic E-state index is 0.328. The maximum atomic E-state index is 12.7. The van der Waals surface area contributed by atoms with E-state index in [0.29, 0.717) is 11.1 Å². The molecule has 1 saturated heterocycles. The molecule has 1 saturated carbocycles. The van der Waals surface area contributed by atoms with Crippen LogP contribution in [0.2, 0.25) is 0 Å². The summed E-state index contributed by atoms with van der Waals surface area (Å²) in [4.78, 5) is 32.3. The molecule has 9 nitrogen and oxygen atoms in total. The van der Waals surface area contributed by atoms with Crippen LogP contribution < -0.4 is 9.64 Å². The van der Waals surface area contributed by atoms with Gasteiger partial charge < -0.3 is 19.1 Å². The highest BCUT2D eigenvalue weighted by Gasteiger charge is 2.44. The van der Waals surface area contributed by atoms with Crippen LogP contribution in [0.3, 0.4) is 0 Å². The molecule has 0 N–H and O–H groups in total. The van der Waals surface area contributed by atoms with Gasteiger partial charge in [0.05, 0.1) is 19.7 Å². The summed E-state index contributed by atoms with van der Waals surface area (Å²) in [5, 5.41) is 1.08. The second-order valence-electron chi connectivity index (χ2n) is 12.3. The Hall–Kier alpha value is -3.59. The van der Waals surface area contributed by atoms with E-state index in [1.165, 1.54) is 32.8 Å². The first-order valence-corrected chi connectivity index (χ1v) is 14.2. The number of ether oxygens (including phenoxy) is 3. The number of methoxy groups -OCH3 is 2. The number of esters is 1. The highest BCUT2D eigenvalue weighted by atomic mass is 16.6. The highest BCUT2D eigenvalue weighted by molar-refractivity contribution is 5.95. The maximum absolute atomic E-state index is 12.7. The van der Waals surface area contributed by atoms with Gasteiger partial charge in [0.15, 0.2) is 5.69 Å². The van der Waals surface area contributed by atoms with Crippen molar-refractivity contribution in [3.8, 4) is 5.75 Å². The van der Waals surface area contributed by atoms with E-state index in [-0.39, 0.29) is 6.09 Å². The Morgan fingerprint density at radius 2 is 1.73 bits per heavy atom. The van der Waals surface area contributed by atoms with Crippen molar-refractivity contribution in [2.75, 3.05) is 46.3 Å². The van der Waals surface area contributed by atoms with Crippen LogP contribution in [0.1, 0.15) is 68.1 Å². The number of hydrogen-bond donors (Lipinski definition) is 0. The predicted molar refractivity (Wildman–Crippen MR) is 161 cm³/mol. The summed E-state index contributed by atoms with van der Waals surface area (Å²) in [6.07, 6.45) is 6.93. The molecule has 1 aromatic carbocycles. The zero-order chi connectivity index (χ0) is 29.9. The van der Waals surface area contributed by atoms with Gasteiger partial charge in [-0.3, -0.25) is 9.47 Å². The molecular formula is C32H44N4O5. The number of benzene rings is 1. The van der Waals surface area contributed by atoms with Crippen LogP contribution in [-0.2, 0) is 16.0 Å². The molecule has 3 aromatic rings. The van der Waals surface area contributed by atoms with Gasteiger partial charge in [0.2, 0.25) is 0 Å². The van der Waals surface area contributed by atoms with Crippen LogP contribution in [-0.4, -0.2) is 73.5 Å². The number of carbonyl (C=O) groups is 2. The number of anilines is 1. The molecule has 1 aliphatic carbocycles. The fraction of sp³-hybridized carbons (Fsp3) is 0.531. The minimum Gasteiger partial charge on any atom is -0.496 e. The first-order chi connectivity index (χ1) is 19.4. The standard InChI is InChI=1S/C23H32N2O3.C9H12N2O2/c1-16-14-19(27-5)18(15-24-12-9-23(7-8-23)10-13-24)17-6-11-25(20(16)17)21(26)28-22(2,3)4;1-11(2)8-6-4-5-7(10-8)9(12)13-3/h6,11,14H,7-10,12-13,15H2,1-5H3;4-6H,1-3H3. The molecule has 222 valence electrons. The minimum atomic E-state index is -0.524. The summed E-state index contributed by atoms with van der Waals surface area (Å²) in [7, 11) is 6.80. The van der Waals surface area contributed by atoms with Crippen molar-refractivity contribution in [3.63, 3.8) is 0 Å². The number of likely N-dealkylation sites (tertiary alicyclic amines) is 1. The van der Waals surface area contributed by atoms with Gasteiger partial charge in [0.25, 0.3) is 0 Å². The average molecular weight is 565 g/mol. The Bertz CT molecular complexity index is 1390. The lowest BCUT2D eigenvalue weighted by Crippen LogP contribution is -2.34. The van der Waals surface area contributed by atoms with Crippen LogP contribution >= 0.6 is 0 Å². The van der Waals surface area contributed by atoms with Crippen molar-refractivity contribution < 1.29 is 23.8 Å². The van der Waals surface area contributed by atoms with E-state index in [4.69, 9.17) is 9.47 Å². The van der Waals surface area contributed by atoms with Gasteiger partial charge in [-0.05, 0) is 102 Å². The van der Waals surface area contributed by atoms with Crippen LogP contribution in [0.15, 0.2) is 36.5 Å². The van der Waals surface area contributed by atoms with Crippen LogP contribution in [0.4, 0.5) is 10.6 Å². The van der Waals surface area contributed by atoms with E-state index < -0.39 is 11.6 Å². The monoisotopic (exact) mass is 564 g/mol. The molecule has 5 rings (SSSR count). The quantitative estimate of drug-likeness (QED) is 0.346. The van der Waals surface area contributed by atoms with Gasteiger partial charge >= 0.3 is 12.1 Å². The Balaban J connectivity index is 0.000000251. The SMILES string of the molecule is COC(=O)c1cccc(N(C)C)n1.COc1cc(C)c2c(ccn2C(=O)OC(C)(C)C)c1CN1CCC2(CC1)CC2.